The van der Waals surface area contributed by atoms with E-state index in [2.05, 4.69) is 15.2 Å². The Morgan fingerprint density at radius 3 is 2.53 bits per heavy atom. The van der Waals surface area contributed by atoms with Crippen molar-refractivity contribution in [1.29, 1.82) is 0 Å². The smallest absolute Gasteiger partial charge is 0.333 e. The van der Waals surface area contributed by atoms with Gasteiger partial charge in [-0.05, 0) is 58.6 Å². The number of carbonyl (C=O) groups excluding carboxylic acids is 1. The lowest BCUT2D eigenvalue weighted by Gasteiger charge is -2.25. The fraction of sp³-hybridized carbons (Fsp3) is 0.478. The average Bonchev–Trinajstić information content (AvgIpc) is 3.19. The number of piperidine rings is 1. The van der Waals surface area contributed by atoms with Crippen LogP contribution in [-0.4, -0.2) is 33.1 Å². The maximum atomic E-state index is 13.2. The van der Waals surface area contributed by atoms with Gasteiger partial charge in [0.25, 0.3) is 5.56 Å². The van der Waals surface area contributed by atoms with E-state index in [1.54, 1.807) is 13.8 Å². The molecule has 8 nitrogen and oxygen atoms in total. The van der Waals surface area contributed by atoms with Crippen LogP contribution in [0.5, 0.6) is 0 Å². The van der Waals surface area contributed by atoms with Crippen LogP contribution < -0.4 is 21.5 Å². The predicted octanol–water partition coefficient (Wildman–Crippen LogP) is 3.45. The molecule has 3 heterocycles. The third-order valence-electron chi connectivity index (χ3n) is 5.80. The lowest BCUT2D eigenvalue weighted by molar-refractivity contribution is -0.116. The quantitative estimate of drug-likeness (QED) is 0.637. The number of anilines is 2. The van der Waals surface area contributed by atoms with Crippen LogP contribution in [0.1, 0.15) is 50.3 Å². The summed E-state index contributed by atoms with van der Waals surface area (Å²) in [6.45, 7) is 9.07. The number of rotatable bonds is 5. The van der Waals surface area contributed by atoms with E-state index < -0.39 is 5.69 Å². The minimum atomic E-state index is -0.510. The zero-order valence-corrected chi connectivity index (χ0v) is 19.8. The molecule has 9 heteroatoms. The second-order valence-electron chi connectivity index (χ2n) is 8.70. The Morgan fingerprint density at radius 1 is 1.16 bits per heavy atom. The lowest BCUT2D eigenvalue weighted by Crippen LogP contribution is -2.42. The monoisotopic (exact) mass is 455 g/mol. The predicted molar refractivity (Wildman–Crippen MR) is 129 cm³/mol. The van der Waals surface area contributed by atoms with Gasteiger partial charge in [-0.2, -0.15) is 0 Å². The van der Waals surface area contributed by atoms with Gasteiger partial charge in [0.05, 0.1) is 0 Å². The number of benzene rings is 1. The summed E-state index contributed by atoms with van der Waals surface area (Å²) in [5.41, 5.74) is 2.20. The Morgan fingerprint density at radius 2 is 1.88 bits per heavy atom. The third kappa shape index (κ3) is 4.21. The van der Waals surface area contributed by atoms with Gasteiger partial charge >= 0.3 is 5.69 Å². The molecule has 3 aromatic rings. The van der Waals surface area contributed by atoms with Crippen LogP contribution in [0.2, 0.25) is 0 Å². The van der Waals surface area contributed by atoms with E-state index in [-0.39, 0.29) is 24.1 Å². The SMILES string of the molecule is Cc1ccc(NC(=O)Cn2c(=O)n(C(C)C)c(=O)c3sc(N4CCCCC4)nc32)c(C)c1. The van der Waals surface area contributed by atoms with Crippen LogP contribution in [0.15, 0.2) is 27.8 Å². The first-order valence-electron chi connectivity index (χ1n) is 11.0. The first kappa shape index (κ1) is 22.3. The van der Waals surface area contributed by atoms with Crippen molar-refractivity contribution in [1.82, 2.24) is 14.1 Å². The van der Waals surface area contributed by atoms with Crippen molar-refractivity contribution in [3.63, 3.8) is 0 Å². The second-order valence-corrected chi connectivity index (χ2v) is 9.68. The number of aryl methyl sites for hydroxylation is 2. The molecular weight excluding hydrogens is 426 g/mol. The molecule has 0 atom stereocenters. The van der Waals surface area contributed by atoms with Gasteiger partial charge in [-0.3, -0.25) is 18.7 Å². The fourth-order valence-electron chi connectivity index (χ4n) is 4.15. The highest BCUT2D eigenvalue weighted by atomic mass is 32.1. The van der Waals surface area contributed by atoms with E-state index >= 15 is 0 Å². The molecular formula is C23H29N5O3S. The molecule has 0 spiro atoms. The second kappa shape index (κ2) is 8.90. The average molecular weight is 456 g/mol. The normalized spacial score (nSPS) is 14.3. The zero-order chi connectivity index (χ0) is 23.0. The lowest BCUT2D eigenvalue weighted by atomic mass is 10.1. The molecule has 1 aliphatic heterocycles. The Bertz CT molecular complexity index is 1280. The summed E-state index contributed by atoms with van der Waals surface area (Å²) in [4.78, 5) is 46.0. The number of amides is 1. The summed E-state index contributed by atoms with van der Waals surface area (Å²) in [6, 6.07) is 5.45. The van der Waals surface area contributed by atoms with Crippen molar-refractivity contribution in [2.75, 3.05) is 23.3 Å². The summed E-state index contributed by atoms with van der Waals surface area (Å²) in [6.07, 6.45) is 3.35. The summed E-state index contributed by atoms with van der Waals surface area (Å²) in [5.74, 6) is -0.332. The minimum Gasteiger partial charge on any atom is -0.348 e. The number of hydrogen-bond acceptors (Lipinski definition) is 6. The van der Waals surface area contributed by atoms with Crippen LogP contribution in [0.3, 0.4) is 0 Å². The van der Waals surface area contributed by atoms with Crippen molar-refractivity contribution in [2.24, 2.45) is 0 Å². The van der Waals surface area contributed by atoms with Crippen molar-refractivity contribution in [3.05, 3.63) is 50.2 Å². The van der Waals surface area contributed by atoms with Crippen LogP contribution >= 0.6 is 11.3 Å². The summed E-state index contributed by atoms with van der Waals surface area (Å²) < 4.78 is 2.96. The first-order chi connectivity index (χ1) is 15.3. The maximum Gasteiger partial charge on any atom is 0.333 e. The number of nitrogens with one attached hydrogen (secondary N) is 1. The molecule has 0 unspecified atom stereocenters. The third-order valence-corrected chi connectivity index (χ3v) is 6.90. The zero-order valence-electron chi connectivity index (χ0n) is 19.0. The number of aromatic nitrogens is 3. The molecule has 1 amide bonds. The minimum absolute atomic E-state index is 0.210. The van der Waals surface area contributed by atoms with Crippen molar-refractivity contribution < 1.29 is 4.79 Å². The highest BCUT2D eigenvalue weighted by molar-refractivity contribution is 7.22. The number of hydrogen-bond donors (Lipinski definition) is 1. The van der Waals surface area contributed by atoms with E-state index in [0.29, 0.717) is 16.0 Å². The molecule has 4 rings (SSSR count). The molecule has 1 aromatic carbocycles. The number of nitrogens with zero attached hydrogens (tertiary/aromatic N) is 4. The highest BCUT2D eigenvalue weighted by Crippen LogP contribution is 2.28. The Kier molecular flexibility index (Phi) is 6.19. The van der Waals surface area contributed by atoms with Crippen LogP contribution in [0.4, 0.5) is 10.8 Å². The summed E-state index contributed by atoms with van der Waals surface area (Å²) >= 11 is 1.31. The standard InChI is InChI=1S/C23H29N5O3S/c1-14(2)28-21(30)19-20(25-22(32-19)26-10-6-5-7-11-26)27(23(28)31)13-18(29)24-17-9-8-15(3)12-16(17)4/h8-9,12,14H,5-7,10-11,13H2,1-4H3,(H,24,29). The first-order valence-corrected chi connectivity index (χ1v) is 11.9. The summed E-state index contributed by atoms with van der Waals surface area (Å²) in [7, 11) is 0. The van der Waals surface area contributed by atoms with Gasteiger partial charge in [-0.1, -0.05) is 29.0 Å². The van der Waals surface area contributed by atoms with Crippen LogP contribution in [0, 0.1) is 13.8 Å². The topological polar surface area (TPSA) is 89.2 Å². The van der Waals surface area contributed by atoms with Gasteiger partial charge in [0, 0.05) is 24.8 Å². The molecule has 0 saturated carbocycles. The number of carbonyl (C=O) groups is 1. The van der Waals surface area contributed by atoms with Gasteiger partial charge in [0.1, 0.15) is 11.2 Å². The van der Waals surface area contributed by atoms with Crippen LogP contribution in [0.25, 0.3) is 10.3 Å². The van der Waals surface area contributed by atoms with Gasteiger partial charge in [-0.15, -0.1) is 0 Å². The molecule has 1 fully saturated rings. The molecule has 0 aliphatic carbocycles. The highest BCUT2D eigenvalue weighted by Gasteiger charge is 2.23. The fourth-order valence-corrected chi connectivity index (χ4v) is 5.20. The molecule has 0 bridgehead atoms. The van der Waals surface area contributed by atoms with Gasteiger partial charge in [-0.25, -0.2) is 9.78 Å². The Hall–Kier alpha value is -2.94. The van der Waals surface area contributed by atoms with E-state index in [1.807, 2.05) is 32.0 Å². The van der Waals surface area contributed by atoms with Crippen molar-refractivity contribution in [2.45, 2.75) is 59.5 Å². The van der Waals surface area contributed by atoms with Crippen LogP contribution in [-0.2, 0) is 11.3 Å². The molecule has 32 heavy (non-hydrogen) atoms. The van der Waals surface area contributed by atoms with Gasteiger partial charge in [0.2, 0.25) is 5.91 Å². The number of fused-ring (bicyclic) bond motifs is 1. The maximum absolute atomic E-state index is 13.2. The van der Waals surface area contributed by atoms with E-state index in [0.717, 1.165) is 42.2 Å². The molecule has 0 radical (unpaired) electrons. The Balaban J connectivity index is 1.76. The largest absolute Gasteiger partial charge is 0.348 e. The molecule has 170 valence electrons. The van der Waals surface area contributed by atoms with E-state index in [4.69, 9.17) is 0 Å². The van der Waals surface area contributed by atoms with Gasteiger partial charge < -0.3 is 10.2 Å². The molecule has 2 aromatic heterocycles. The van der Waals surface area contributed by atoms with E-state index in [1.165, 1.54) is 26.9 Å². The Labute approximate surface area is 190 Å². The van der Waals surface area contributed by atoms with Crippen molar-refractivity contribution in [3.8, 4) is 0 Å². The van der Waals surface area contributed by atoms with Crippen molar-refractivity contribution >= 4 is 38.4 Å². The molecule has 1 N–H and O–H groups in total. The molecule has 1 aliphatic rings. The number of thiazole rings is 1. The van der Waals surface area contributed by atoms with Gasteiger partial charge in [0.15, 0.2) is 10.8 Å². The summed E-state index contributed by atoms with van der Waals surface area (Å²) in [5, 5.41) is 3.63. The van der Waals surface area contributed by atoms with E-state index in [9.17, 15) is 14.4 Å². The molecule has 1 saturated heterocycles.